The molecule has 0 aromatic heterocycles. The first-order valence-corrected chi connectivity index (χ1v) is 19.8. The van der Waals surface area contributed by atoms with Gasteiger partial charge in [-0.05, 0) is 106 Å². The van der Waals surface area contributed by atoms with Crippen molar-refractivity contribution in [1.82, 2.24) is 29.8 Å². The molecule has 2 aromatic carbocycles. The average molecular weight is 736 g/mol. The zero-order valence-corrected chi connectivity index (χ0v) is 31.1. The number of piperazine rings is 1. The van der Waals surface area contributed by atoms with E-state index in [1.54, 1.807) is 29.2 Å². The summed E-state index contributed by atoms with van der Waals surface area (Å²) in [7, 11) is 0. The number of carbonyl (C=O) groups excluding carboxylic acids is 3. The topological polar surface area (TPSA) is 162 Å². The SMILES string of the molecule is N=C(/C=C1\C(N)=NCC2CN(CCN3CCC(CN4CCC(c5ccc6c(c5)CN(C5CCC(=O)NC5=O)C6=O)CC4)CC3)CCN12)c1ccccc1O. The lowest BCUT2D eigenvalue weighted by atomic mass is 9.87. The summed E-state index contributed by atoms with van der Waals surface area (Å²) >= 11 is 0. The van der Waals surface area contributed by atoms with Crippen molar-refractivity contribution in [3.8, 4) is 5.75 Å². The van der Waals surface area contributed by atoms with E-state index in [4.69, 9.17) is 11.1 Å². The molecule has 2 aromatic rings. The predicted molar refractivity (Wildman–Crippen MR) is 207 cm³/mol. The van der Waals surface area contributed by atoms with Gasteiger partial charge in [0.05, 0.1) is 24.0 Å². The summed E-state index contributed by atoms with van der Waals surface area (Å²) in [6.07, 6.45) is 7.12. The number of aliphatic imine (C=N–C) groups is 1. The first-order chi connectivity index (χ1) is 26.2. The number of benzene rings is 2. The van der Waals surface area contributed by atoms with Crippen LogP contribution in [0.2, 0.25) is 0 Å². The Labute approximate surface area is 317 Å². The molecule has 0 saturated carbocycles. The van der Waals surface area contributed by atoms with Crippen molar-refractivity contribution < 1.29 is 19.5 Å². The van der Waals surface area contributed by atoms with E-state index >= 15 is 0 Å². The first kappa shape index (κ1) is 36.4. The maximum atomic E-state index is 13.1. The second-order valence-corrected chi connectivity index (χ2v) is 16.0. The number of nitrogens with zero attached hydrogens (tertiary/aromatic N) is 6. The van der Waals surface area contributed by atoms with Gasteiger partial charge < -0.3 is 35.8 Å². The highest BCUT2D eigenvalue weighted by Gasteiger charge is 2.39. The quantitative estimate of drug-likeness (QED) is 0.224. The van der Waals surface area contributed by atoms with Crippen LogP contribution in [-0.4, -0.2) is 143 Å². The van der Waals surface area contributed by atoms with Crippen LogP contribution in [0.4, 0.5) is 0 Å². The minimum Gasteiger partial charge on any atom is -0.507 e. The number of likely N-dealkylation sites (tertiary alicyclic amines) is 2. The molecule has 0 bridgehead atoms. The minimum absolute atomic E-state index is 0.0909. The maximum Gasteiger partial charge on any atom is 0.255 e. The molecule has 8 rings (SSSR count). The van der Waals surface area contributed by atoms with Crippen LogP contribution in [0.1, 0.15) is 71.5 Å². The van der Waals surface area contributed by atoms with Gasteiger partial charge in [-0.3, -0.25) is 29.6 Å². The molecular weight excluding hydrogens is 683 g/mol. The monoisotopic (exact) mass is 735 g/mol. The second kappa shape index (κ2) is 15.6. The Hall–Kier alpha value is -4.59. The number of nitrogens with one attached hydrogen (secondary N) is 2. The molecule has 286 valence electrons. The Balaban J connectivity index is 0.754. The van der Waals surface area contributed by atoms with E-state index in [1.165, 1.54) is 24.9 Å². The second-order valence-electron chi connectivity index (χ2n) is 16.0. The molecule has 3 amide bonds. The third kappa shape index (κ3) is 7.67. The number of aromatic hydroxyl groups is 1. The molecule has 0 radical (unpaired) electrons. The van der Waals surface area contributed by atoms with Gasteiger partial charge in [-0.25, -0.2) is 0 Å². The molecule has 0 aliphatic carbocycles. The van der Waals surface area contributed by atoms with Gasteiger partial charge in [0.25, 0.3) is 5.91 Å². The van der Waals surface area contributed by atoms with E-state index in [9.17, 15) is 19.5 Å². The standard InChI is InChI=1S/C41H53N9O4/c42-34(33-3-1-2-4-37(33)51)22-36-39(43)44-23-31-26-48(19-20-49(31)36)18-17-46-13-9-27(10-14-46)24-47-15-11-28(12-16-47)29-5-6-32-30(21-29)25-50(41(32)54)35-7-8-38(52)45-40(35)53/h1-6,21-22,27-28,31,35,42,51H,7-20,23-26H2,(H2,43,44)(H,45,52,53)/b36-22+,42-34?. The number of amides is 3. The number of allylic oxidation sites excluding steroid dienone is 1. The molecule has 4 fully saturated rings. The van der Waals surface area contributed by atoms with Crippen molar-refractivity contribution in [2.24, 2.45) is 16.6 Å². The Morgan fingerprint density at radius 2 is 1.67 bits per heavy atom. The van der Waals surface area contributed by atoms with Crippen LogP contribution in [0.5, 0.6) is 5.75 Å². The Kier molecular flexibility index (Phi) is 10.5. The number of rotatable bonds is 9. The molecule has 0 spiro atoms. The number of carbonyl (C=O) groups is 3. The molecule has 2 unspecified atom stereocenters. The minimum atomic E-state index is -0.575. The number of phenolic OH excluding ortho intramolecular Hbond substituents is 1. The van der Waals surface area contributed by atoms with Crippen LogP contribution in [0.15, 0.2) is 59.2 Å². The molecule has 6 aliphatic heterocycles. The van der Waals surface area contributed by atoms with Crippen LogP contribution in [0.3, 0.4) is 0 Å². The number of amidine groups is 1. The number of phenols is 1. The summed E-state index contributed by atoms with van der Waals surface area (Å²) in [5.74, 6) is 1.03. The summed E-state index contributed by atoms with van der Waals surface area (Å²) in [5.41, 5.74) is 10.8. The predicted octanol–water partition coefficient (Wildman–Crippen LogP) is 2.35. The van der Waals surface area contributed by atoms with Gasteiger partial charge in [-0.2, -0.15) is 0 Å². The lowest BCUT2D eigenvalue weighted by molar-refractivity contribution is -0.136. The molecular formula is C41H53N9O4. The van der Waals surface area contributed by atoms with Crippen LogP contribution < -0.4 is 11.1 Å². The lowest BCUT2D eigenvalue weighted by Gasteiger charge is -2.45. The van der Waals surface area contributed by atoms with E-state index in [0.29, 0.717) is 42.4 Å². The largest absolute Gasteiger partial charge is 0.507 e. The first-order valence-electron chi connectivity index (χ1n) is 19.8. The summed E-state index contributed by atoms with van der Waals surface area (Å²) in [4.78, 5) is 53.6. The lowest BCUT2D eigenvalue weighted by Crippen LogP contribution is -2.58. The fourth-order valence-electron chi connectivity index (χ4n) is 9.44. The summed E-state index contributed by atoms with van der Waals surface area (Å²) in [5, 5.41) is 21.2. The number of fused-ring (bicyclic) bond motifs is 2. The van der Waals surface area contributed by atoms with Crippen molar-refractivity contribution in [3.05, 3.63) is 76.5 Å². The molecule has 2 atom stereocenters. The van der Waals surface area contributed by atoms with Gasteiger partial charge in [0.15, 0.2) is 0 Å². The van der Waals surface area contributed by atoms with Gasteiger partial charge >= 0.3 is 0 Å². The molecule has 13 nitrogen and oxygen atoms in total. The van der Waals surface area contributed by atoms with Gasteiger partial charge in [0.1, 0.15) is 17.6 Å². The fraction of sp³-hybridized carbons (Fsp3) is 0.537. The number of nitrogens with two attached hydrogens (primary N) is 1. The van der Waals surface area contributed by atoms with Crippen molar-refractivity contribution in [1.29, 1.82) is 5.41 Å². The number of imide groups is 1. The number of hydrogen-bond acceptors (Lipinski definition) is 11. The van der Waals surface area contributed by atoms with Crippen molar-refractivity contribution in [2.45, 2.75) is 63.1 Å². The normalized spacial score (nSPS) is 25.8. The van der Waals surface area contributed by atoms with Crippen LogP contribution in [0.25, 0.3) is 0 Å². The van der Waals surface area contributed by atoms with E-state index in [-0.39, 0.29) is 41.6 Å². The molecule has 4 saturated heterocycles. The number of piperidine rings is 3. The summed E-state index contributed by atoms with van der Waals surface area (Å²) < 4.78 is 0. The molecule has 13 heteroatoms. The Bertz CT molecular complexity index is 1840. The van der Waals surface area contributed by atoms with Crippen molar-refractivity contribution in [2.75, 3.05) is 72.0 Å². The molecule has 6 aliphatic rings. The third-order valence-corrected chi connectivity index (χ3v) is 12.6. The van der Waals surface area contributed by atoms with E-state index < -0.39 is 6.04 Å². The van der Waals surface area contributed by atoms with Gasteiger partial charge in [-0.1, -0.05) is 24.3 Å². The Morgan fingerprint density at radius 3 is 2.44 bits per heavy atom. The molecule has 54 heavy (non-hydrogen) atoms. The molecule has 5 N–H and O–H groups in total. The van der Waals surface area contributed by atoms with Gasteiger partial charge in [-0.15, -0.1) is 0 Å². The maximum absolute atomic E-state index is 13.1. The summed E-state index contributed by atoms with van der Waals surface area (Å²) in [6.45, 7) is 11.6. The van der Waals surface area contributed by atoms with Crippen molar-refractivity contribution in [3.63, 3.8) is 0 Å². The highest BCUT2D eigenvalue weighted by molar-refractivity contribution is 6.13. The van der Waals surface area contributed by atoms with Crippen LogP contribution in [-0.2, 0) is 16.1 Å². The van der Waals surface area contributed by atoms with Crippen molar-refractivity contribution >= 4 is 29.3 Å². The van der Waals surface area contributed by atoms with Crippen LogP contribution in [0, 0.1) is 11.3 Å². The average Bonchev–Trinajstić information content (AvgIpc) is 3.50. The third-order valence-electron chi connectivity index (χ3n) is 12.6. The summed E-state index contributed by atoms with van der Waals surface area (Å²) in [6, 6.07) is 12.8. The van der Waals surface area contributed by atoms with E-state index in [2.05, 4.69) is 42.0 Å². The van der Waals surface area contributed by atoms with E-state index in [0.717, 1.165) is 88.9 Å². The van der Waals surface area contributed by atoms with Gasteiger partial charge in [0, 0.05) is 63.4 Å². The zero-order valence-electron chi connectivity index (χ0n) is 31.1. The number of para-hydroxylation sites is 1. The van der Waals surface area contributed by atoms with E-state index in [1.807, 2.05) is 12.1 Å². The Morgan fingerprint density at radius 1 is 0.907 bits per heavy atom. The highest BCUT2D eigenvalue weighted by Crippen LogP contribution is 2.34. The molecule has 6 heterocycles. The van der Waals surface area contributed by atoms with Gasteiger partial charge in [0.2, 0.25) is 11.8 Å². The fourth-order valence-corrected chi connectivity index (χ4v) is 9.44. The zero-order chi connectivity index (χ0) is 37.3. The van der Waals surface area contributed by atoms with Crippen LogP contribution >= 0.6 is 0 Å². The smallest absolute Gasteiger partial charge is 0.255 e. The number of hydrogen-bond donors (Lipinski definition) is 4. The highest BCUT2D eigenvalue weighted by atomic mass is 16.3.